The quantitative estimate of drug-likeness (QED) is 0.805. The first-order chi connectivity index (χ1) is 10.3. The van der Waals surface area contributed by atoms with E-state index in [1.54, 1.807) is 0 Å². The van der Waals surface area contributed by atoms with Gasteiger partial charge < -0.3 is 15.0 Å². The van der Waals surface area contributed by atoms with Crippen LogP contribution < -0.4 is 5.32 Å². The van der Waals surface area contributed by atoms with E-state index in [1.165, 1.54) is 58.0 Å². The number of hydrogen-bond acceptors (Lipinski definition) is 3. The molecule has 0 aromatic rings. The van der Waals surface area contributed by atoms with Crippen LogP contribution >= 0.6 is 12.2 Å². The first-order valence-electron chi connectivity index (χ1n) is 8.71. The average molecular weight is 311 g/mol. The van der Waals surface area contributed by atoms with E-state index in [-0.39, 0.29) is 0 Å². The molecule has 0 spiro atoms. The van der Waals surface area contributed by atoms with Crippen LogP contribution in [0.2, 0.25) is 0 Å². The fourth-order valence-electron chi connectivity index (χ4n) is 3.85. The van der Waals surface area contributed by atoms with Gasteiger partial charge in [-0.1, -0.05) is 19.3 Å². The SMILES string of the molecule is S=C(NCC1CCCO1)N1CCN(C2CCCCC2)CC1. The molecule has 0 aromatic heterocycles. The Labute approximate surface area is 134 Å². The van der Waals surface area contributed by atoms with Crippen LogP contribution in [-0.4, -0.2) is 66.4 Å². The van der Waals surface area contributed by atoms with E-state index in [1.807, 2.05) is 0 Å². The molecule has 5 heteroatoms. The van der Waals surface area contributed by atoms with Crippen LogP contribution in [0.3, 0.4) is 0 Å². The molecule has 3 rings (SSSR count). The normalized spacial score (nSPS) is 28.8. The van der Waals surface area contributed by atoms with Crippen molar-refractivity contribution in [3.8, 4) is 0 Å². The molecular weight excluding hydrogens is 282 g/mol. The summed E-state index contributed by atoms with van der Waals surface area (Å²) in [5.41, 5.74) is 0. The highest BCUT2D eigenvalue weighted by Crippen LogP contribution is 2.23. The Bertz CT molecular complexity index is 332. The molecule has 2 saturated heterocycles. The summed E-state index contributed by atoms with van der Waals surface area (Å²) in [6.45, 7) is 6.29. The lowest BCUT2D eigenvalue weighted by Crippen LogP contribution is -2.54. The number of ether oxygens (including phenoxy) is 1. The van der Waals surface area contributed by atoms with Crippen molar-refractivity contribution in [3.63, 3.8) is 0 Å². The van der Waals surface area contributed by atoms with Crippen molar-refractivity contribution in [2.75, 3.05) is 39.3 Å². The molecule has 1 N–H and O–H groups in total. The third-order valence-electron chi connectivity index (χ3n) is 5.20. The van der Waals surface area contributed by atoms with Crippen molar-refractivity contribution in [3.05, 3.63) is 0 Å². The minimum absolute atomic E-state index is 0.367. The molecular formula is C16H29N3OS. The molecule has 3 aliphatic rings. The van der Waals surface area contributed by atoms with Gasteiger partial charge in [0, 0.05) is 45.4 Å². The van der Waals surface area contributed by atoms with Crippen molar-refractivity contribution in [2.45, 2.75) is 57.1 Å². The van der Waals surface area contributed by atoms with Crippen LogP contribution in [0.4, 0.5) is 0 Å². The minimum Gasteiger partial charge on any atom is -0.376 e. The van der Waals surface area contributed by atoms with Gasteiger partial charge in [-0.15, -0.1) is 0 Å². The van der Waals surface area contributed by atoms with Crippen molar-refractivity contribution in [1.82, 2.24) is 15.1 Å². The molecule has 0 aromatic carbocycles. The first kappa shape index (κ1) is 15.5. The Morgan fingerprint density at radius 1 is 1.00 bits per heavy atom. The molecule has 1 atom stereocenters. The maximum absolute atomic E-state index is 5.64. The monoisotopic (exact) mass is 311 g/mol. The fraction of sp³-hybridized carbons (Fsp3) is 0.938. The topological polar surface area (TPSA) is 27.7 Å². The van der Waals surface area contributed by atoms with Crippen LogP contribution in [0.15, 0.2) is 0 Å². The number of rotatable bonds is 3. The Hall–Kier alpha value is -0.390. The highest BCUT2D eigenvalue weighted by atomic mass is 32.1. The number of thiocarbonyl (C=S) groups is 1. The van der Waals surface area contributed by atoms with Gasteiger partial charge in [0.2, 0.25) is 0 Å². The number of nitrogens with zero attached hydrogens (tertiary/aromatic N) is 2. The largest absolute Gasteiger partial charge is 0.376 e. The smallest absolute Gasteiger partial charge is 0.169 e. The van der Waals surface area contributed by atoms with Crippen molar-refractivity contribution < 1.29 is 4.74 Å². The number of nitrogens with one attached hydrogen (secondary N) is 1. The van der Waals surface area contributed by atoms with Gasteiger partial charge in [-0.25, -0.2) is 0 Å². The van der Waals surface area contributed by atoms with Gasteiger partial charge in [-0.2, -0.15) is 0 Å². The summed E-state index contributed by atoms with van der Waals surface area (Å²) in [7, 11) is 0. The Morgan fingerprint density at radius 2 is 1.76 bits per heavy atom. The molecule has 1 unspecified atom stereocenters. The predicted octanol–water partition coefficient (Wildman–Crippen LogP) is 1.99. The molecule has 2 heterocycles. The van der Waals surface area contributed by atoms with Crippen LogP contribution in [0.1, 0.15) is 44.9 Å². The average Bonchev–Trinajstić information content (AvgIpc) is 3.07. The highest BCUT2D eigenvalue weighted by Gasteiger charge is 2.26. The molecule has 1 aliphatic carbocycles. The second kappa shape index (κ2) is 7.75. The summed E-state index contributed by atoms with van der Waals surface area (Å²) in [6.07, 6.45) is 9.83. The summed E-state index contributed by atoms with van der Waals surface area (Å²) in [5.74, 6) is 0. The molecule has 2 aliphatic heterocycles. The summed E-state index contributed by atoms with van der Waals surface area (Å²) >= 11 is 5.54. The van der Waals surface area contributed by atoms with Gasteiger partial charge in [0.15, 0.2) is 5.11 Å². The maximum atomic E-state index is 5.64. The maximum Gasteiger partial charge on any atom is 0.169 e. The van der Waals surface area contributed by atoms with Crippen LogP contribution in [0, 0.1) is 0 Å². The molecule has 0 amide bonds. The summed E-state index contributed by atoms with van der Waals surface area (Å²) in [4.78, 5) is 5.03. The third-order valence-corrected chi connectivity index (χ3v) is 5.60. The Morgan fingerprint density at radius 3 is 2.43 bits per heavy atom. The molecule has 0 bridgehead atoms. The molecule has 0 radical (unpaired) electrons. The van der Waals surface area contributed by atoms with Crippen molar-refractivity contribution >= 4 is 17.3 Å². The Balaban J connectivity index is 1.37. The van der Waals surface area contributed by atoms with Crippen LogP contribution in [-0.2, 0) is 4.74 Å². The zero-order chi connectivity index (χ0) is 14.5. The van der Waals surface area contributed by atoms with Crippen LogP contribution in [0.25, 0.3) is 0 Å². The van der Waals surface area contributed by atoms with E-state index in [2.05, 4.69) is 15.1 Å². The Kier molecular flexibility index (Phi) is 5.72. The van der Waals surface area contributed by atoms with Gasteiger partial charge in [-0.05, 0) is 37.9 Å². The summed E-state index contributed by atoms with van der Waals surface area (Å²) < 4.78 is 5.64. The van der Waals surface area contributed by atoms with Gasteiger partial charge in [0.25, 0.3) is 0 Å². The molecule has 1 saturated carbocycles. The number of piperazine rings is 1. The fourth-order valence-corrected chi connectivity index (χ4v) is 4.12. The molecule has 3 fully saturated rings. The van der Waals surface area contributed by atoms with Crippen LogP contribution in [0.5, 0.6) is 0 Å². The van der Waals surface area contributed by atoms with Gasteiger partial charge in [-0.3, -0.25) is 4.90 Å². The summed E-state index contributed by atoms with van der Waals surface area (Å²) in [5, 5.41) is 4.33. The lowest BCUT2D eigenvalue weighted by atomic mass is 9.94. The molecule has 4 nitrogen and oxygen atoms in total. The van der Waals surface area contributed by atoms with E-state index in [0.717, 1.165) is 37.4 Å². The van der Waals surface area contributed by atoms with E-state index in [4.69, 9.17) is 17.0 Å². The van der Waals surface area contributed by atoms with Crippen molar-refractivity contribution in [1.29, 1.82) is 0 Å². The highest BCUT2D eigenvalue weighted by molar-refractivity contribution is 7.80. The lowest BCUT2D eigenvalue weighted by Gasteiger charge is -2.41. The van der Waals surface area contributed by atoms with Crippen molar-refractivity contribution in [2.24, 2.45) is 0 Å². The molecule has 21 heavy (non-hydrogen) atoms. The minimum atomic E-state index is 0.367. The third kappa shape index (κ3) is 4.30. The standard InChI is InChI=1S/C16H29N3OS/c21-16(17-13-15-7-4-12-20-15)19-10-8-18(9-11-19)14-5-2-1-3-6-14/h14-15H,1-13H2,(H,17,21). The van der Waals surface area contributed by atoms with Gasteiger partial charge >= 0.3 is 0 Å². The van der Waals surface area contributed by atoms with E-state index in [0.29, 0.717) is 6.10 Å². The zero-order valence-corrected chi connectivity index (χ0v) is 13.9. The number of hydrogen-bond donors (Lipinski definition) is 1. The zero-order valence-electron chi connectivity index (χ0n) is 13.1. The predicted molar refractivity (Wildman–Crippen MR) is 89.6 cm³/mol. The second-order valence-electron chi connectivity index (χ2n) is 6.64. The van der Waals surface area contributed by atoms with Gasteiger partial charge in [0.1, 0.15) is 0 Å². The van der Waals surface area contributed by atoms with E-state index < -0.39 is 0 Å². The van der Waals surface area contributed by atoms with E-state index in [9.17, 15) is 0 Å². The first-order valence-corrected chi connectivity index (χ1v) is 9.12. The van der Waals surface area contributed by atoms with E-state index >= 15 is 0 Å². The lowest BCUT2D eigenvalue weighted by molar-refractivity contribution is 0.102. The van der Waals surface area contributed by atoms with Gasteiger partial charge in [0.05, 0.1) is 6.10 Å². The second-order valence-corrected chi connectivity index (χ2v) is 7.02. The molecule has 120 valence electrons. The summed E-state index contributed by atoms with van der Waals surface area (Å²) in [6, 6.07) is 0.842.